The van der Waals surface area contributed by atoms with Gasteiger partial charge in [0.25, 0.3) is 5.91 Å². The lowest BCUT2D eigenvalue weighted by Gasteiger charge is -2.35. The first-order chi connectivity index (χ1) is 13.9. The zero-order valence-corrected chi connectivity index (χ0v) is 17.2. The summed E-state index contributed by atoms with van der Waals surface area (Å²) in [6, 6.07) is 14.1. The summed E-state index contributed by atoms with van der Waals surface area (Å²) in [5.74, 6) is -0.437. The molecule has 1 saturated heterocycles. The lowest BCUT2D eigenvalue weighted by Crippen LogP contribution is -2.49. The third kappa shape index (κ3) is 5.95. The molecule has 2 aromatic rings. The van der Waals surface area contributed by atoms with Gasteiger partial charge in [0.1, 0.15) is 17.9 Å². The standard InChI is InChI=1S/C22H24ClNO5/c1-15-11-24(12-16(2)29-15)21(25)14-28-22(26)19-5-3-4-6-20(19)27-13-17-7-9-18(23)10-8-17/h3-10,15-16H,11-14H2,1-2H3/t15-,16-/m1/s1. The zero-order valence-electron chi connectivity index (χ0n) is 16.5. The Hall–Kier alpha value is -2.57. The lowest BCUT2D eigenvalue weighted by molar-refractivity contribution is -0.146. The number of hydrogen-bond donors (Lipinski definition) is 0. The van der Waals surface area contributed by atoms with E-state index in [0.29, 0.717) is 23.9 Å². The molecule has 154 valence electrons. The predicted octanol–water partition coefficient (Wildman–Crippen LogP) is 3.71. The second-order valence-electron chi connectivity index (χ2n) is 7.04. The van der Waals surface area contributed by atoms with Crippen molar-refractivity contribution >= 4 is 23.5 Å². The highest BCUT2D eigenvalue weighted by atomic mass is 35.5. The van der Waals surface area contributed by atoms with Crippen LogP contribution in [0.1, 0.15) is 29.8 Å². The highest BCUT2D eigenvalue weighted by molar-refractivity contribution is 6.30. The molecule has 3 rings (SSSR count). The topological polar surface area (TPSA) is 65.1 Å². The summed E-state index contributed by atoms with van der Waals surface area (Å²) in [5, 5.41) is 0.645. The average Bonchev–Trinajstić information content (AvgIpc) is 2.71. The Morgan fingerprint density at radius 2 is 1.72 bits per heavy atom. The van der Waals surface area contributed by atoms with Crippen LogP contribution in [0.5, 0.6) is 5.75 Å². The summed E-state index contributed by atoms with van der Waals surface area (Å²) in [4.78, 5) is 26.6. The molecule has 1 amide bonds. The number of amides is 1. The van der Waals surface area contributed by atoms with Crippen LogP contribution < -0.4 is 4.74 Å². The molecule has 0 N–H and O–H groups in total. The molecule has 1 aliphatic heterocycles. The van der Waals surface area contributed by atoms with Crippen molar-refractivity contribution in [2.45, 2.75) is 32.7 Å². The predicted molar refractivity (Wildman–Crippen MR) is 109 cm³/mol. The molecule has 1 fully saturated rings. The van der Waals surface area contributed by atoms with Gasteiger partial charge in [0.2, 0.25) is 0 Å². The molecule has 7 heteroatoms. The summed E-state index contributed by atoms with van der Waals surface area (Å²) in [6.07, 6.45) is -0.0826. The van der Waals surface area contributed by atoms with E-state index in [9.17, 15) is 9.59 Å². The molecule has 2 atom stereocenters. The fraction of sp³-hybridized carbons (Fsp3) is 0.364. The molecule has 6 nitrogen and oxygen atoms in total. The van der Waals surface area contributed by atoms with Gasteiger partial charge in [-0.2, -0.15) is 0 Å². The van der Waals surface area contributed by atoms with E-state index in [1.54, 1.807) is 41.3 Å². The minimum atomic E-state index is -0.598. The highest BCUT2D eigenvalue weighted by Gasteiger charge is 2.26. The molecule has 0 spiro atoms. The maximum absolute atomic E-state index is 12.5. The van der Waals surface area contributed by atoms with Crippen molar-refractivity contribution < 1.29 is 23.8 Å². The Kier molecular flexibility index (Phi) is 7.12. The van der Waals surface area contributed by atoms with Gasteiger partial charge < -0.3 is 19.1 Å². The van der Waals surface area contributed by atoms with Crippen LogP contribution >= 0.6 is 11.6 Å². The summed E-state index contributed by atoms with van der Waals surface area (Å²) in [7, 11) is 0. The first-order valence-electron chi connectivity index (χ1n) is 9.49. The van der Waals surface area contributed by atoms with Gasteiger partial charge in [0, 0.05) is 18.1 Å². The van der Waals surface area contributed by atoms with Crippen LogP contribution in [0.3, 0.4) is 0 Å². The number of hydrogen-bond acceptors (Lipinski definition) is 5. The third-order valence-electron chi connectivity index (χ3n) is 4.51. The van der Waals surface area contributed by atoms with Crippen LogP contribution in [0, 0.1) is 0 Å². The van der Waals surface area contributed by atoms with Gasteiger partial charge in [-0.1, -0.05) is 35.9 Å². The van der Waals surface area contributed by atoms with Crippen molar-refractivity contribution in [3.8, 4) is 5.75 Å². The van der Waals surface area contributed by atoms with E-state index in [2.05, 4.69) is 0 Å². The number of esters is 1. The number of rotatable bonds is 6. The highest BCUT2D eigenvalue weighted by Crippen LogP contribution is 2.21. The van der Waals surface area contributed by atoms with Crippen molar-refractivity contribution in [1.82, 2.24) is 4.90 Å². The minimum absolute atomic E-state index is 0.0413. The van der Waals surface area contributed by atoms with E-state index in [1.807, 2.05) is 26.0 Å². The summed E-state index contributed by atoms with van der Waals surface area (Å²) < 4.78 is 16.7. The molecule has 1 heterocycles. The maximum atomic E-state index is 12.5. The quantitative estimate of drug-likeness (QED) is 0.670. The van der Waals surface area contributed by atoms with E-state index < -0.39 is 5.97 Å². The molecule has 2 aromatic carbocycles. The van der Waals surface area contributed by atoms with Crippen LogP contribution in [-0.4, -0.2) is 48.7 Å². The maximum Gasteiger partial charge on any atom is 0.342 e. The Morgan fingerprint density at radius 3 is 2.41 bits per heavy atom. The molecule has 0 unspecified atom stereocenters. The first kappa shape index (κ1) is 21.1. The Balaban J connectivity index is 1.58. The number of nitrogens with zero attached hydrogens (tertiary/aromatic N) is 1. The fourth-order valence-electron chi connectivity index (χ4n) is 3.18. The Morgan fingerprint density at radius 1 is 1.07 bits per heavy atom. The molecule has 0 saturated carbocycles. The number of morpholine rings is 1. The number of halogens is 1. The van der Waals surface area contributed by atoms with E-state index in [4.69, 9.17) is 25.8 Å². The molecule has 0 aliphatic carbocycles. The van der Waals surface area contributed by atoms with Crippen molar-refractivity contribution in [1.29, 1.82) is 0 Å². The van der Waals surface area contributed by atoms with E-state index >= 15 is 0 Å². The van der Waals surface area contributed by atoms with Gasteiger partial charge in [-0.25, -0.2) is 4.79 Å². The third-order valence-corrected chi connectivity index (χ3v) is 4.77. The van der Waals surface area contributed by atoms with Gasteiger partial charge in [-0.15, -0.1) is 0 Å². The SMILES string of the molecule is C[C@@H]1CN(C(=O)COC(=O)c2ccccc2OCc2ccc(Cl)cc2)C[C@@H](C)O1. The molecular formula is C22H24ClNO5. The number of carbonyl (C=O) groups excluding carboxylic acids is 2. The normalized spacial score (nSPS) is 18.9. The van der Waals surface area contributed by atoms with Crippen LogP contribution in [0.25, 0.3) is 0 Å². The average molecular weight is 418 g/mol. The van der Waals surface area contributed by atoms with Crippen LogP contribution in [0.2, 0.25) is 5.02 Å². The second kappa shape index (κ2) is 9.76. The molecule has 0 bridgehead atoms. The van der Waals surface area contributed by atoms with E-state index in [0.717, 1.165) is 5.56 Å². The summed E-state index contributed by atoms with van der Waals surface area (Å²) in [6.45, 7) is 4.77. The Bertz CT molecular complexity index is 845. The largest absolute Gasteiger partial charge is 0.488 e. The van der Waals surface area contributed by atoms with Crippen molar-refractivity contribution in [2.75, 3.05) is 19.7 Å². The number of para-hydroxylation sites is 1. The molecule has 1 aliphatic rings. The van der Waals surface area contributed by atoms with Gasteiger partial charge in [0.15, 0.2) is 6.61 Å². The summed E-state index contributed by atoms with van der Waals surface area (Å²) in [5.41, 5.74) is 1.20. The van der Waals surface area contributed by atoms with Crippen molar-refractivity contribution in [3.63, 3.8) is 0 Å². The van der Waals surface area contributed by atoms with Crippen LogP contribution in [0.15, 0.2) is 48.5 Å². The zero-order chi connectivity index (χ0) is 20.8. The Labute approximate surface area is 175 Å². The van der Waals surface area contributed by atoms with E-state index in [-0.39, 0.29) is 36.9 Å². The van der Waals surface area contributed by atoms with Gasteiger partial charge in [-0.05, 0) is 43.7 Å². The molecule has 29 heavy (non-hydrogen) atoms. The number of carbonyl (C=O) groups is 2. The monoisotopic (exact) mass is 417 g/mol. The second-order valence-corrected chi connectivity index (χ2v) is 7.48. The smallest absolute Gasteiger partial charge is 0.342 e. The van der Waals surface area contributed by atoms with Crippen molar-refractivity contribution in [2.24, 2.45) is 0 Å². The molecular weight excluding hydrogens is 394 g/mol. The lowest BCUT2D eigenvalue weighted by atomic mass is 10.2. The van der Waals surface area contributed by atoms with Crippen LogP contribution in [0.4, 0.5) is 0 Å². The molecule has 0 radical (unpaired) electrons. The summed E-state index contributed by atoms with van der Waals surface area (Å²) >= 11 is 5.89. The first-order valence-corrected chi connectivity index (χ1v) is 9.87. The number of ether oxygens (including phenoxy) is 3. The van der Waals surface area contributed by atoms with Gasteiger partial charge in [-0.3, -0.25) is 4.79 Å². The van der Waals surface area contributed by atoms with Crippen LogP contribution in [-0.2, 0) is 20.9 Å². The number of benzene rings is 2. The van der Waals surface area contributed by atoms with Crippen molar-refractivity contribution in [3.05, 3.63) is 64.7 Å². The van der Waals surface area contributed by atoms with Gasteiger partial charge in [0.05, 0.1) is 12.2 Å². The molecule has 0 aromatic heterocycles. The van der Waals surface area contributed by atoms with E-state index in [1.165, 1.54) is 0 Å². The fourth-order valence-corrected chi connectivity index (χ4v) is 3.31. The minimum Gasteiger partial charge on any atom is -0.488 e. The van der Waals surface area contributed by atoms with Gasteiger partial charge >= 0.3 is 5.97 Å².